The summed E-state index contributed by atoms with van der Waals surface area (Å²) in [5.41, 5.74) is 0.164. The quantitative estimate of drug-likeness (QED) is 0.425. The fourth-order valence-corrected chi connectivity index (χ4v) is 1.41. The zero-order valence-electron chi connectivity index (χ0n) is 9.28. The molecule has 1 heterocycles. The fraction of sp³-hybridized carbons (Fsp3) is 0.600. The van der Waals surface area contributed by atoms with Crippen LogP contribution in [0, 0.1) is 0 Å². The molecule has 5 heteroatoms. The number of allylic oxidation sites excluding steroid dienone is 1. The molecular formula is C10H16N2O3. The number of esters is 1. The van der Waals surface area contributed by atoms with Gasteiger partial charge in [0.2, 0.25) is 0 Å². The minimum Gasteiger partial charge on any atom is -0.512 e. The van der Waals surface area contributed by atoms with Crippen molar-refractivity contribution in [1.29, 1.82) is 0 Å². The Morgan fingerprint density at radius 3 is 2.73 bits per heavy atom. The molecule has 0 atom stereocenters. The van der Waals surface area contributed by atoms with Crippen molar-refractivity contribution in [2.45, 2.75) is 13.8 Å². The first kappa shape index (κ1) is 11.6. The third-order valence-electron chi connectivity index (χ3n) is 2.12. The molecule has 1 N–H and O–H groups in total. The van der Waals surface area contributed by atoms with Gasteiger partial charge in [0, 0.05) is 13.6 Å². The molecule has 1 rings (SSSR count). The van der Waals surface area contributed by atoms with Gasteiger partial charge in [0.1, 0.15) is 17.2 Å². The lowest BCUT2D eigenvalue weighted by molar-refractivity contribution is -0.138. The van der Waals surface area contributed by atoms with E-state index in [0.717, 1.165) is 6.54 Å². The number of likely N-dealkylation sites (N-methyl/N-ethyl adjacent to an activating group) is 1. The van der Waals surface area contributed by atoms with Crippen molar-refractivity contribution in [3.05, 3.63) is 11.3 Å². The SMILES string of the molecule is CCOC(=O)C(C1=NCCN1C)=C(C)O. The van der Waals surface area contributed by atoms with E-state index in [9.17, 15) is 9.90 Å². The Labute approximate surface area is 89.1 Å². The molecule has 0 radical (unpaired) electrons. The third kappa shape index (κ3) is 2.49. The highest BCUT2D eigenvalue weighted by molar-refractivity contribution is 6.19. The molecule has 0 spiro atoms. The van der Waals surface area contributed by atoms with Crippen molar-refractivity contribution in [3.63, 3.8) is 0 Å². The molecule has 0 unspecified atom stereocenters. The summed E-state index contributed by atoms with van der Waals surface area (Å²) in [6.45, 7) is 4.86. The van der Waals surface area contributed by atoms with Crippen LogP contribution >= 0.6 is 0 Å². The van der Waals surface area contributed by atoms with Crippen LogP contribution in [0.4, 0.5) is 0 Å². The van der Waals surface area contributed by atoms with Crippen molar-refractivity contribution in [2.24, 2.45) is 4.99 Å². The molecule has 0 bridgehead atoms. The fourth-order valence-electron chi connectivity index (χ4n) is 1.41. The summed E-state index contributed by atoms with van der Waals surface area (Å²) in [7, 11) is 1.83. The number of carbonyl (C=O) groups excluding carboxylic acids is 1. The Balaban J connectivity index is 2.95. The Bertz CT molecular complexity index is 317. The molecule has 0 aromatic carbocycles. The van der Waals surface area contributed by atoms with Crippen LogP contribution in [0.25, 0.3) is 0 Å². The van der Waals surface area contributed by atoms with E-state index >= 15 is 0 Å². The first-order valence-corrected chi connectivity index (χ1v) is 4.90. The van der Waals surface area contributed by atoms with E-state index in [2.05, 4.69) is 4.99 Å². The number of nitrogens with zero attached hydrogens (tertiary/aromatic N) is 2. The number of rotatable bonds is 3. The lowest BCUT2D eigenvalue weighted by Gasteiger charge is -2.16. The van der Waals surface area contributed by atoms with Gasteiger partial charge in [0.15, 0.2) is 0 Å². The number of aliphatic hydroxyl groups is 1. The van der Waals surface area contributed by atoms with Gasteiger partial charge in [0.05, 0.1) is 13.2 Å². The molecule has 0 aromatic heterocycles. The largest absolute Gasteiger partial charge is 0.512 e. The lowest BCUT2D eigenvalue weighted by atomic mass is 10.2. The first-order valence-electron chi connectivity index (χ1n) is 4.90. The molecule has 0 saturated heterocycles. The highest BCUT2D eigenvalue weighted by atomic mass is 16.5. The summed E-state index contributed by atoms with van der Waals surface area (Å²) in [4.78, 5) is 17.6. The number of aliphatic hydroxyl groups excluding tert-OH is 1. The van der Waals surface area contributed by atoms with E-state index in [1.54, 1.807) is 6.92 Å². The van der Waals surface area contributed by atoms with Crippen LogP contribution in [-0.4, -0.2) is 48.6 Å². The second-order valence-electron chi connectivity index (χ2n) is 3.31. The number of aliphatic imine (C=N–C) groups is 1. The maximum Gasteiger partial charge on any atom is 0.345 e. The molecule has 0 aromatic rings. The third-order valence-corrected chi connectivity index (χ3v) is 2.12. The molecule has 1 aliphatic rings. The number of carbonyl (C=O) groups is 1. The molecule has 84 valence electrons. The van der Waals surface area contributed by atoms with Crippen molar-refractivity contribution >= 4 is 11.8 Å². The molecule has 0 aliphatic carbocycles. The van der Waals surface area contributed by atoms with Gasteiger partial charge < -0.3 is 14.7 Å². The summed E-state index contributed by atoms with van der Waals surface area (Å²) < 4.78 is 4.86. The summed E-state index contributed by atoms with van der Waals surface area (Å²) in [5.74, 6) is -0.0700. The van der Waals surface area contributed by atoms with Crippen molar-refractivity contribution < 1.29 is 14.6 Å². The second kappa shape index (κ2) is 4.82. The minimum atomic E-state index is -0.523. The molecule has 0 amide bonds. The Morgan fingerprint density at radius 1 is 1.67 bits per heavy atom. The summed E-state index contributed by atoms with van der Waals surface area (Å²) in [6, 6.07) is 0. The number of amidine groups is 1. The van der Waals surface area contributed by atoms with E-state index < -0.39 is 5.97 Å². The van der Waals surface area contributed by atoms with E-state index in [4.69, 9.17) is 4.74 Å². The predicted molar refractivity (Wildman–Crippen MR) is 56.9 cm³/mol. The van der Waals surface area contributed by atoms with Crippen LogP contribution in [0.15, 0.2) is 16.3 Å². The zero-order chi connectivity index (χ0) is 11.4. The first-order chi connectivity index (χ1) is 7.07. The van der Waals surface area contributed by atoms with E-state index in [1.165, 1.54) is 6.92 Å². The Hall–Kier alpha value is -1.52. The van der Waals surface area contributed by atoms with Gasteiger partial charge in [-0.3, -0.25) is 4.99 Å². The molecule has 1 aliphatic heterocycles. The van der Waals surface area contributed by atoms with Crippen LogP contribution in [0.2, 0.25) is 0 Å². The van der Waals surface area contributed by atoms with E-state index in [1.807, 2.05) is 11.9 Å². The highest BCUT2D eigenvalue weighted by Gasteiger charge is 2.26. The summed E-state index contributed by atoms with van der Waals surface area (Å²) in [6.07, 6.45) is 0. The molecule has 0 fully saturated rings. The van der Waals surface area contributed by atoms with Gasteiger partial charge in [0.25, 0.3) is 0 Å². The van der Waals surface area contributed by atoms with Gasteiger partial charge in [-0.05, 0) is 13.8 Å². The normalized spacial score (nSPS) is 17.3. The Morgan fingerprint density at radius 2 is 2.33 bits per heavy atom. The number of ether oxygens (including phenoxy) is 1. The van der Waals surface area contributed by atoms with Crippen molar-refractivity contribution in [1.82, 2.24) is 4.90 Å². The lowest BCUT2D eigenvalue weighted by Crippen LogP contribution is -2.29. The molecule has 0 saturated carbocycles. The molecular weight excluding hydrogens is 196 g/mol. The molecule has 15 heavy (non-hydrogen) atoms. The smallest absolute Gasteiger partial charge is 0.345 e. The number of hydrogen-bond acceptors (Lipinski definition) is 5. The molecule has 5 nitrogen and oxygen atoms in total. The maximum absolute atomic E-state index is 11.6. The standard InChI is InChI=1S/C10H16N2O3/c1-4-15-10(14)8(7(2)13)9-11-5-6-12(9)3/h13H,4-6H2,1-3H3. The van der Waals surface area contributed by atoms with Crippen molar-refractivity contribution in [2.75, 3.05) is 26.7 Å². The zero-order valence-corrected chi connectivity index (χ0v) is 9.28. The summed E-state index contributed by atoms with van der Waals surface area (Å²) >= 11 is 0. The number of hydrogen-bond donors (Lipinski definition) is 1. The van der Waals surface area contributed by atoms with Gasteiger partial charge >= 0.3 is 5.97 Å². The maximum atomic E-state index is 11.6. The van der Waals surface area contributed by atoms with Crippen LogP contribution in [0.3, 0.4) is 0 Å². The average Bonchev–Trinajstić information content (AvgIpc) is 2.52. The van der Waals surface area contributed by atoms with Gasteiger partial charge in [-0.15, -0.1) is 0 Å². The van der Waals surface area contributed by atoms with Crippen molar-refractivity contribution in [3.8, 4) is 0 Å². The van der Waals surface area contributed by atoms with Gasteiger partial charge in [-0.1, -0.05) is 0 Å². The Kier molecular flexibility index (Phi) is 3.71. The van der Waals surface area contributed by atoms with Gasteiger partial charge in [-0.2, -0.15) is 0 Å². The van der Waals surface area contributed by atoms with Crippen LogP contribution in [0.1, 0.15) is 13.8 Å². The van der Waals surface area contributed by atoms with Crippen LogP contribution in [-0.2, 0) is 9.53 Å². The van der Waals surface area contributed by atoms with E-state index in [0.29, 0.717) is 12.4 Å². The topological polar surface area (TPSA) is 62.1 Å². The van der Waals surface area contributed by atoms with Crippen LogP contribution in [0.5, 0.6) is 0 Å². The predicted octanol–water partition coefficient (Wildman–Crippen LogP) is 0.725. The average molecular weight is 212 g/mol. The van der Waals surface area contributed by atoms with Gasteiger partial charge in [-0.25, -0.2) is 4.79 Å². The van der Waals surface area contributed by atoms with E-state index in [-0.39, 0.29) is 17.9 Å². The van der Waals surface area contributed by atoms with Crippen LogP contribution < -0.4 is 0 Å². The second-order valence-corrected chi connectivity index (χ2v) is 3.31. The summed E-state index contributed by atoms with van der Waals surface area (Å²) in [5, 5.41) is 9.46. The minimum absolute atomic E-state index is 0.0547. The highest BCUT2D eigenvalue weighted by Crippen LogP contribution is 2.13. The monoisotopic (exact) mass is 212 g/mol.